The summed E-state index contributed by atoms with van der Waals surface area (Å²) < 4.78 is 0.838. The van der Waals surface area contributed by atoms with Crippen molar-refractivity contribution in [3.63, 3.8) is 0 Å². The van der Waals surface area contributed by atoms with Crippen LogP contribution in [0.1, 0.15) is 21.6 Å². The molecule has 19 heavy (non-hydrogen) atoms. The van der Waals surface area contributed by atoms with Crippen LogP contribution in [-0.4, -0.2) is 10.9 Å². The van der Waals surface area contributed by atoms with Crippen molar-refractivity contribution in [1.82, 2.24) is 4.98 Å². The number of carbonyl (C=O) groups excluding carboxylic acids is 1. The minimum Gasteiger partial charge on any atom is -0.384 e. The summed E-state index contributed by atoms with van der Waals surface area (Å²) in [6.07, 6.45) is 0. The molecule has 98 valence electrons. The van der Waals surface area contributed by atoms with Crippen LogP contribution in [0.3, 0.4) is 0 Å². The average Bonchev–Trinajstić information content (AvgIpc) is 2.32. The van der Waals surface area contributed by atoms with E-state index in [-0.39, 0.29) is 5.91 Å². The Morgan fingerprint density at radius 2 is 2.00 bits per heavy atom. The number of aromatic nitrogens is 1. The molecule has 0 aliphatic rings. The lowest BCUT2D eigenvalue weighted by atomic mass is 10.2. The Hall–Kier alpha value is -1.88. The zero-order chi connectivity index (χ0) is 14.0. The van der Waals surface area contributed by atoms with Gasteiger partial charge in [0, 0.05) is 15.7 Å². The van der Waals surface area contributed by atoms with Gasteiger partial charge in [0.2, 0.25) is 0 Å². The molecule has 5 heteroatoms. The van der Waals surface area contributed by atoms with Gasteiger partial charge in [0.05, 0.1) is 5.69 Å². The van der Waals surface area contributed by atoms with Crippen LogP contribution in [0.5, 0.6) is 0 Å². The maximum absolute atomic E-state index is 12.2. The van der Waals surface area contributed by atoms with Gasteiger partial charge in [0.15, 0.2) is 0 Å². The number of halogens is 1. The van der Waals surface area contributed by atoms with Crippen molar-refractivity contribution in [1.29, 1.82) is 0 Å². The van der Waals surface area contributed by atoms with E-state index in [4.69, 9.17) is 5.73 Å². The summed E-state index contributed by atoms with van der Waals surface area (Å²) >= 11 is 3.41. The van der Waals surface area contributed by atoms with Gasteiger partial charge >= 0.3 is 0 Å². The van der Waals surface area contributed by atoms with E-state index in [2.05, 4.69) is 26.2 Å². The number of anilines is 2. The van der Waals surface area contributed by atoms with Gasteiger partial charge in [-0.1, -0.05) is 6.07 Å². The second kappa shape index (κ2) is 5.40. The summed E-state index contributed by atoms with van der Waals surface area (Å²) in [6, 6.07) is 9.03. The van der Waals surface area contributed by atoms with E-state index in [1.165, 1.54) is 0 Å². The zero-order valence-corrected chi connectivity index (χ0v) is 12.3. The first-order valence-electron chi connectivity index (χ1n) is 5.77. The Morgan fingerprint density at radius 1 is 1.26 bits per heavy atom. The molecular formula is C14H14BrN3O. The van der Waals surface area contributed by atoms with Crippen LogP contribution in [0, 0.1) is 13.8 Å². The minimum atomic E-state index is -0.205. The molecule has 1 amide bonds. The van der Waals surface area contributed by atoms with Crippen LogP contribution in [0.2, 0.25) is 0 Å². The maximum Gasteiger partial charge on any atom is 0.255 e. The smallest absolute Gasteiger partial charge is 0.255 e. The van der Waals surface area contributed by atoms with Gasteiger partial charge in [-0.3, -0.25) is 4.79 Å². The van der Waals surface area contributed by atoms with Crippen molar-refractivity contribution in [3.8, 4) is 0 Å². The molecule has 1 aromatic heterocycles. The average molecular weight is 320 g/mol. The highest BCUT2D eigenvalue weighted by atomic mass is 79.9. The molecule has 0 aliphatic carbocycles. The topological polar surface area (TPSA) is 68.0 Å². The largest absolute Gasteiger partial charge is 0.384 e. The van der Waals surface area contributed by atoms with Crippen LogP contribution < -0.4 is 11.1 Å². The Balaban J connectivity index is 2.28. The van der Waals surface area contributed by atoms with Crippen LogP contribution in [0.15, 0.2) is 34.8 Å². The third-order valence-corrected chi connectivity index (χ3v) is 3.30. The quantitative estimate of drug-likeness (QED) is 0.892. The number of carbonyl (C=O) groups is 1. The van der Waals surface area contributed by atoms with E-state index < -0.39 is 0 Å². The van der Waals surface area contributed by atoms with E-state index >= 15 is 0 Å². The number of nitrogen functional groups attached to an aromatic ring is 1. The van der Waals surface area contributed by atoms with Crippen LogP contribution in [-0.2, 0) is 0 Å². The van der Waals surface area contributed by atoms with Gasteiger partial charge in [0.1, 0.15) is 5.82 Å². The molecule has 0 radical (unpaired) electrons. The molecule has 0 spiro atoms. The van der Waals surface area contributed by atoms with Crippen molar-refractivity contribution in [2.75, 3.05) is 11.1 Å². The maximum atomic E-state index is 12.2. The molecule has 3 N–H and O–H groups in total. The first-order chi connectivity index (χ1) is 8.95. The second-order valence-electron chi connectivity index (χ2n) is 4.36. The number of aryl methyl sites for hydroxylation is 2. The molecular weight excluding hydrogens is 306 g/mol. The van der Waals surface area contributed by atoms with Crippen molar-refractivity contribution in [2.45, 2.75) is 13.8 Å². The Bertz CT molecular complexity index is 620. The minimum absolute atomic E-state index is 0.205. The summed E-state index contributed by atoms with van der Waals surface area (Å²) in [5.74, 6) is 0.136. The van der Waals surface area contributed by atoms with Crippen LogP contribution >= 0.6 is 15.9 Å². The molecule has 2 rings (SSSR count). The molecule has 0 aliphatic heterocycles. The molecule has 0 atom stereocenters. The third-order valence-electron chi connectivity index (χ3n) is 2.61. The Kier molecular flexibility index (Phi) is 3.85. The molecule has 4 nitrogen and oxygen atoms in total. The molecule has 0 saturated heterocycles. The van der Waals surface area contributed by atoms with Crippen molar-refractivity contribution in [3.05, 3.63) is 51.6 Å². The number of amides is 1. The summed E-state index contributed by atoms with van der Waals surface area (Å²) in [6.45, 7) is 3.77. The predicted molar refractivity (Wildman–Crippen MR) is 80.2 cm³/mol. The number of hydrogen-bond donors (Lipinski definition) is 2. The molecule has 1 aromatic carbocycles. The summed E-state index contributed by atoms with van der Waals surface area (Å²) in [5, 5.41) is 2.85. The first kappa shape index (κ1) is 13.5. The van der Waals surface area contributed by atoms with Crippen molar-refractivity contribution < 1.29 is 4.79 Å². The van der Waals surface area contributed by atoms with E-state index in [9.17, 15) is 4.79 Å². The number of nitrogens with zero attached hydrogens (tertiary/aromatic N) is 1. The van der Waals surface area contributed by atoms with E-state index in [1.807, 2.05) is 25.1 Å². The normalized spacial score (nSPS) is 10.3. The van der Waals surface area contributed by atoms with Gasteiger partial charge in [-0.2, -0.15) is 0 Å². The lowest BCUT2D eigenvalue weighted by molar-refractivity contribution is 0.102. The lowest BCUT2D eigenvalue weighted by Gasteiger charge is -2.09. The molecule has 2 aromatic rings. The van der Waals surface area contributed by atoms with Crippen molar-refractivity contribution in [2.24, 2.45) is 0 Å². The lowest BCUT2D eigenvalue weighted by Crippen LogP contribution is -2.13. The standard InChI is InChI=1S/C14H14BrN3O/c1-8-3-4-11(15)12(5-8)18-14(19)10-6-9(2)17-13(16)7-10/h3-7H,1-2H3,(H2,16,17)(H,18,19). The number of benzene rings is 1. The molecule has 0 fully saturated rings. The van der Waals surface area contributed by atoms with Gasteiger partial charge < -0.3 is 11.1 Å². The first-order valence-corrected chi connectivity index (χ1v) is 6.56. The Morgan fingerprint density at radius 3 is 2.68 bits per heavy atom. The molecule has 0 unspecified atom stereocenters. The highest BCUT2D eigenvalue weighted by Crippen LogP contribution is 2.24. The number of nitrogens with one attached hydrogen (secondary N) is 1. The van der Waals surface area contributed by atoms with E-state index in [1.54, 1.807) is 19.1 Å². The van der Waals surface area contributed by atoms with Crippen LogP contribution in [0.4, 0.5) is 11.5 Å². The van der Waals surface area contributed by atoms with Gasteiger partial charge in [-0.15, -0.1) is 0 Å². The Labute approximate surface area is 120 Å². The fourth-order valence-electron chi connectivity index (χ4n) is 1.75. The van der Waals surface area contributed by atoms with E-state index in [0.29, 0.717) is 17.1 Å². The SMILES string of the molecule is Cc1ccc(Br)c(NC(=O)c2cc(C)nc(N)c2)c1. The number of pyridine rings is 1. The summed E-state index contributed by atoms with van der Waals surface area (Å²) in [5.41, 5.74) is 8.67. The van der Waals surface area contributed by atoms with Gasteiger partial charge in [-0.05, 0) is 59.6 Å². The second-order valence-corrected chi connectivity index (χ2v) is 5.21. The molecule has 0 bridgehead atoms. The highest BCUT2D eigenvalue weighted by Gasteiger charge is 2.10. The molecule has 1 heterocycles. The zero-order valence-electron chi connectivity index (χ0n) is 10.7. The fraction of sp³-hybridized carbons (Fsp3) is 0.143. The monoisotopic (exact) mass is 319 g/mol. The van der Waals surface area contributed by atoms with Crippen molar-refractivity contribution >= 4 is 33.3 Å². The summed E-state index contributed by atoms with van der Waals surface area (Å²) in [4.78, 5) is 16.2. The predicted octanol–water partition coefficient (Wildman–Crippen LogP) is 3.30. The van der Waals surface area contributed by atoms with Crippen LogP contribution in [0.25, 0.3) is 0 Å². The van der Waals surface area contributed by atoms with Gasteiger partial charge in [0.25, 0.3) is 5.91 Å². The third kappa shape index (κ3) is 3.32. The number of nitrogens with two attached hydrogens (primary N) is 1. The number of hydrogen-bond acceptors (Lipinski definition) is 3. The number of rotatable bonds is 2. The van der Waals surface area contributed by atoms with E-state index in [0.717, 1.165) is 15.7 Å². The fourth-order valence-corrected chi connectivity index (χ4v) is 2.10. The molecule has 0 saturated carbocycles. The van der Waals surface area contributed by atoms with Gasteiger partial charge in [-0.25, -0.2) is 4.98 Å². The summed E-state index contributed by atoms with van der Waals surface area (Å²) in [7, 11) is 0. The highest BCUT2D eigenvalue weighted by molar-refractivity contribution is 9.10.